The van der Waals surface area contributed by atoms with Crippen molar-refractivity contribution < 1.29 is 36.6 Å². The van der Waals surface area contributed by atoms with E-state index in [1.54, 1.807) is 44.5 Å². The topological polar surface area (TPSA) is 106 Å². The van der Waals surface area contributed by atoms with Gasteiger partial charge in [0.2, 0.25) is 5.91 Å². The summed E-state index contributed by atoms with van der Waals surface area (Å²) < 4.78 is 74.3. The van der Waals surface area contributed by atoms with Crippen molar-refractivity contribution >= 4 is 11.9 Å². The number of halogens is 5. The summed E-state index contributed by atoms with van der Waals surface area (Å²) in [6.45, 7) is 8.47. The lowest BCUT2D eigenvalue weighted by atomic mass is 9.90. The van der Waals surface area contributed by atoms with Crippen LogP contribution >= 0.6 is 0 Å². The monoisotopic (exact) mass is 672 g/mol. The van der Waals surface area contributed by atoms with Crippen LogP contribution in [0.4, 0.5) is 22.0 Å². The van der Waals surface area contributed by atoms with Gasteiger partial charge in [0.05, 0.1) is 24.4 Å². The smallest absolute Gasteiger partial charge is 0.416 e. The van der Waals surface area contributed by atoms with Crippen molar-refractivity contribution in [2.75, 3.05) is 0 Å². The second-order valence-electron chi connectivity index (χ2n) is 12.4. The molecule has 4 aromatic rings. The predicted octanol–water partition coefficient (Wildman–Crippen LogP) is 7.10. The fraction of sp³-hybridized carbons (Fsp3) is 0.371. The Morgan fingerprint density at radius 2 is 1.67 bits per heavy atom. The molecular weight excluding hydrogens is 635 g/mol. The number of amides is 1. The van der Waals surface area contributed by atoms with E-state index in [1.165, 1.54) is 37.6 Å². The molecule has 0 aliphatic rings. The molecule has 2 N–H and O–H groups in total. The normalized spacial score (nSPS) is 13.1. The fourth-order valence-electron chi connectivity index (χ4n) is 6.00. The second-order valence-corrected chi connectivity index (χ2v) is 12.4. The van der Waals surface area contributed by atoms with Crippen molar-refractivity contribution in [2.45, 2.75) is 78.7 Å². The van der Waals surface area contributed by atoms with Crippen molar-refractivity contribution in [1.82, 2.24) is 19.4 Å². The van der Waals surface area contributed by atoms with E-state index in [1.807, 2.05) is 0 Å². The van der Waals surface area contributed by atoms with Gasteiger partial charge >= 0.3 is 12.1 Å². The Morgan fingerprint density at radius 1 is 1.00 bits per heavy atom. The number of hydrogen-bond acceptors (Lipinski definition) is 4. The number of nitrogens with one attached hydrogen (secondary N) is 1. The maximum absolute atomic E-state index is 15.7. The van der Waals surface area contributed by atoms with Crippen LogP contribution in [0.15, 0.2) is 60.0 Å². The highest BCUT2D eigenvalue weighted by atomic mass is 19.4. The van der Waals surface area contributed by atoms with Crippen molar-refractivity contribution in [3.8, 4) is 11.1 Å². The van der Waals surface area contributed by atoms with Crippen LogP contribution in [0.3, 0.4) is 0 Å². The van der Waals surface area contributed by atoms with Crippen molar-refractivity contribution in [2.24, 2.45) is 5.92 Å². The number of alkyl halides is 3. The number of pyridine rings is 1. The number of nitrogens with zero attached hydrogens (tertiary/aromatic N) is 3. The molecular formula is C35H37F5N4O4. The highest BCUT2D eigenvalue weighted by Gasteiger charge is 2.36. The second kappa shape index (κ2) is 14.5. The molecule has 0 aliphatic heterocycles. The van der Waals surface area contributed by atoms with Gasteiger partial charge in [0.1, 0.15) is 17.7 Å². The maximum Gasteiger partial charge on any atom is 0.416 e. The number of hydrogen-bond donors (Lipinski definition) is 2. The van der Waals surface area contributed by atoms with Crippen molar-refractivity contribution in [3.05, 3.63) is 111 Å². The van der Waals surface area contributed by atoms with Crippen LogP contribution in [0.1, 0.15) is 72.2 Å². The fourth-order valence-corrected chi connectivity index (χ4v) is 6.00. The summed E-state index contributed by atoms with van der Waals surface area (Å²) >= 11 is 0. The van der Waals surface area contributed by atoms with Gasteiger partial charge in [0, 0.05) is 36.8 Å². The third kappa shape index (κ3) is 8.36. The van der Waals surface area contributed by atoms with Crippen molar-refractivity contribution in [1.29, 1.82) is 0 Å². The van der Waals surface area contributed by atoms with E-state index in [-0.39, 0.29) is 42.0 Å². The van der Waals surface area contributed by atoms with Crippen LogP contribution in [0.5, 0.6) is 0 Å². The number of aliphatic carboxylic acids is 1. The minimum Gasteiger partial charge on any atom is -0.481 e. The molecule has 0 saturated heterocycles. The number of carboxylic acids is 1. The van der Waals surface area contributed by atoms with E-state index in [0.717, 1.165) is 10.8 Å². The largest absolute Gasteiger partial charge is 0.481 e. The number of aryl methyl sites for hydroxylation is 5. The minimum absolute atomic E-state index is 0.00732. The van der Waals surface area contributed by atoms with Crippen LogP contribution < -0.4 is 10.9 Å². The van der Waals surface area contributed by atoms with Gasteiger partial charge in [0.15, 0.2) is 0 Å². The van der Waals surface area contributed by atoms with Gasteiger partial charge in [-0.3, -0.25) is 14.4 Å². The molecule has 0 radical (unpaired) electrons. The zero-order valence-corrected chi connectivity index (χ0v) is 27.2. The first-order chi connectivity index (χ1) is 22.5. The van der Waals surface area contributed by atoms with E-state index in [0.29, 0.717) is 28.3 Å². The molecule has 0 bridgehead atoms. The molecule has 0 unspecified atom stereocenters. The summed E-state index contributed by atoms with van der Waals surface area (Å²) in [5.41, 5.74) is -0.214. The summed E-state index contributed by atoms with van der Waals surface area (Å²) in [6.07, 6.45) is -0.191. The first-order valence-electron chi connectivity index (χ1n) is 15.3. The SMILES string of the molecule is Cc1cc(-c2c(C)cc(F)cc2C)cc([C@@H](CC(=O)O)NC(=O)[C@H](CC(C)C)n2cc(CCn3ccnc3)c(C(F)(F)F)cc2=O)c1F. The average Bonchev–Trinajstić information content (AvgIpc) is 3.49. The van der Waals surface area contributed by atoms with Crippen LogP contribution in [0.2, 0.25) is 0 Å². The van der Waals surface area contributed by atoms with Crippen LogP contribution in [-0.4, -0.2) is 31.1 Å². The summed E-state index contributed by atoms with van der Waals surface area (Å²) in [7, 11) is 0. The van der Waals surface area contributed by atoms with E-state index < -0.39 is 59.3 Å². The van der Waals surface area contributed by atoms with Crippen LogP contribution in [0, 0.1) is 38.3 Å². The molecule has 8 nitrogen and oxygen atoms in total. The Balaban J connectivity index is 1.79. The average molecular weight is 673 g/mol. The molecule has 0 aliphatic carbocycles. The van der Waals surface area contributed by atoms with Gasteiger partial charge in [-0.15, -0.1) is 0 Å². The first kappa shape index (κ1) is 36.0. The Morgan fingerprint density at radius 3 is 2.23 bits per heavy atom. The van der Waals surface area contributed by atoms with Gasteiger partial charge < -0.3 is 19.6 Å². The molecule has 2 heterocycles. The van der Waals surface area contributed by atoms with Gasteiger partial charge in [-0.25, -0.2) is 13.8 Å². The Bertz CT molecular complexity index is 1840. The number of imidazole rings is 1. The van der Waals surface area contributed by atoms with E-state index >= 15 is 4.39 Å². The highest BCUT2D eigenvalue weighted by molar-refractivity contribution is 5.82. The quantitative estimate of drug-likeness (QED) is 0.156. The molecule has 4 rings (SSSR count). The number of benzene rings is 2. The number of carbonyl (C=O) groups is 2. The Labute approximate surface area is 274 Å². The molecule has 0 saturated carbocycles. The molecule has 0 fully saturated rings. The number of carbonyl (C=O) groups excluding carboxylic acids is 1. The Kier molecular flexibility index (Phi) is 10.9. The zero-order chi connectivity index (χ0) is 35.5. The van der Waals surface area contributed by atoms with Crippen LogP contribution in [-0.2, 0) is 28.7 Å². The highest BCUT2D eigenvalue weighted by Crippen LogP contribution is 2.35. The number of carboxylic acid groups (broad SMARTS) is 1. The molecule has 1 amide bonds. The van der Waals surface area contributed by atoms with Gasteiger partial charge in [-0.2, -0.15) is 13.2 Å². The molecule has 256 valence electrons. The van der Waals surface area contributed by atoms with E-state index in [4.69, 9.17) is 0 Å². The molecule has 0 spiro atoms. The Hall–Kier alpha value is -4.81. The zero-order valence-electron chi connectivity index (χ0n) is 27.2. The third-order valence-electron chi connectivity index (χ3n) is 8.14. The third-order valence-corrected chi connectivity index (χ3v) is 8.14. The minimum atomic E-state index is -4.84. The van der Waals surface area contributed by atoms with E-state index in [2.05, 4.69) is 10.3 Å². The lowest BCUT2D eigenvalue weighted by molar-refractivity contribution is -0.139. The first-order valence-corrected chi connectivity index (χ1v) is 15.3. The van der Waals surface area contributed by atoms with Gasteiger partial charge in [0.25, 0.3) is 5.56 Å². The van der Waals surface area contributed by atoms with Crippen molar-refractivity contribution in [3.63, 3.8) is 0 Å². The number of rotatable bonds is 12. The van der Waals surface area contributed by atoms with Gasteiger partial charge in [-0.1, -0.05) is 13.8 Å². The lowest BCUT2D eigenvalue weighted by Crippen LogP contribution is -2.41. The predicted molar refractivity (Wildman–Crippen MR) is 169 cm³/mol. The summed E-state index contributed by atoms with van der Waals surface area (Å²) in [4.78, 5) is 43.1. The molecule has 48 heavy (non-hydrogen) atoms. The van der Waals surface area contributed by atoms with E-state index in [9.17, 15) is 37.1 Å². The summed E-state index contributed by atoms with van der Waals surface area (Å²) in [5, 5.41) is 12.4. The molecule has 13 heteroatoms. The lowest BCUT2D eigenvalue weighted by Gasteiger charge is -2.27. The standard InChI is InChI=1S/C35H37F5N4O4/c1-19(2)10-29(44-17-23(6-8-43-9-7-41-18-43)27(15-30(44)45)35(38,39)40)34(48)42-28(16-31(46)47)26-14-24(11-22(5)33(26)37)32-20(3)12-25(36)13-21(32)4/h7,9,11-15,17-19,28-29H,6,8,10,16H2,1-5H3,(H,42,48)(H,46,47)/t28-,29+/m1/s1. The molecule has 2 atom stereocenters. The summed E-state index contributed by atoms with van der Waals surface area (Å²) in [6, 6.07) is 3.27. The number of aromatic nitrogens is 3. The van der Waals surface area contributed by atoms with Gasteiger partial charge in [-0.05, 0) is 97.2 Å². The summed E-state index contributed by atoms with van der Waals surface area (Å²) in [5.74, 6) is -3.67. The molecule has 2 aromatic heterocycles. The molecule has 2 aromatic carbocycles. The maximum atomic E-state index is 15.7. The van der Waals surface area contributed by atoms with Crippen LogP contribution in [0.25, 0.3) is 11.1 Å².